The molecule has 1 unspecified atom stereocenters. The lowest BCUT2D eigenvalue weighted by molar-refractivity contribution is 0.0133. The van der Waals surface area contributed by atoms with Crippen LogP contribution in [-0.2, 0) is 17.7 Å². The number of ether oxygens (including phenoxy) is 1. The van der Waals surface area contributed by atoms with E-state index in [0.29, 0.717) is 49.8 Å². The predicted molar refractivity (Wildman–Crippen MR) is 160 cm³/mol. The quantitative estimate of drug-likeness (QED) is 0.390. The molecule has 8 heteroatoms. The van der Waals surface area contributed by atoms with E-state index in [9.17, 15) is 14.7 Å². The fourth-order valence-electron chi connectivity index (χ4n) is 6.33. The Hall–Kier alpha value is -2.68. The number of rotatable bonds is 11. The van der Waals surface area contributed by atoms with Gasteiger partial charge in [-0.1, -0.05) is 19.3 Å². The monoisotopic (exact) mass is 552 g/mol. The summed E-state index contributed by atoms with van der Waals surface area (Å²) in [6.45, 7) is 12.8. The summed E-state index contributed by atoms with van der Waals surface area (Å²) in [6, 6.07) is 6.62. The van der Waals surface area contributed by atoms with Gasteiger partial charge in [0.05, 0.1) is 19.3 Å². The molecule has 1 saturated carbocycles. The SMILES string of the molecule is CCN(c1cc(CCC(O)CN2CCOCC2)cc(C(=O)NCc2c(C)cc(C)[nH]c2=O)c1C)C1CCCCC1. The second kappa shape index (κ2) is 14.3. The van der Waals surface area contributed by atoms with Crippen LogP contribution in [0.2, 0.25) is 0 Å². The molecule has 3 N–H and O–H groups in total. The summed E-state index contributed by atoms with van der Waals surface area (Å²) >= 11 is 0. The van der Waals surface area contributed by atoms with Crippen LogP contribution in [0.3, 0.4) is 0 Å². The summed E-state index contributed by atoms with van der Waals surface area (Å²) in [5, 5.41) is 13.8. The summed E-state index contributed by atoms with van der Waals surface area (Å²) < 4.78 is 5.43. The molecule has 0 spiro atoms. The van der Waals surface area contributed by atoms with Crippen molar-refractivity contribution in [2.24, 2.45) is 0 Å². The number of aliphatic hydroxyl groups is 1. The summed E-state index contributed by atoms with van der Waals surface area (Å²) in [7, 11) is 0. The van der Waals surface area contributed by atoms with Crippen LogP contribution in [0.1, 0.15) is 83.8 Å². The van der Waals surface area contributed by atoms with Crippen LogP contribution in [0.4, 0.5) is 5.69 Å². The van der Waals surface area contributed by atoms with Crippen molar-refractivity contribution < 1.29 is 14.6 Å². The number of pyridine rings is 1. The number of H-pyrrole nitrogens is 1. The molecule has 1 amide bonds. The summed E-state index contributed by atoms with van der Waals surface area (Å²) in [5.41, 5.74) is 5.89. The number of nitrogens with zero attached hydrogens (tertiary/aromatic N) is 2. The van der Waals surface area contributed by atoms with Gasteiger partial charge in [-0.05, 0) is 88.3 Å². The lowest BCUT2D eigenvalue weighted by Gasteiger charge is -2.37. The van der Waals surface area contributed by atoms with E-state index in [2.05, 4.69) is 33.1 Å². The van der Waals surface area contributed by atoms with Crippen LogP contribution < -0.4 is 15.8 Å². The number of aryl methyl sites for hydroxylation is 3. The fraction of sp³-hybridized carbons (Fsp3) is 0.625. The molecule has 4 rings (SSSR count). The van der Waals surface area contributed by atoms with Crippen LogP contribution in [0.5, 0.6) is 0 Å². The van der Waals surface area contributed by atoms with E-state index < -0.39 is 6.10 Å². The Labute approximate surface area is 239 Å². The molecule has 1 aliphatic heterocycles. The molecule has 2 heterocycles. The van der Waals surface area contributed by atoms with Crippen molar-refractivity contribution in [3.8, 4) is 0 Å². The highest BCUT2D eigenvalue weighted by atomic mass is 16.5. The molecule has 40 heavy (non-hydrogen) atoms. The Balaban J connectivity index is 1.56. The minimum Gasteiger partial charge on any atom is -0.392 e. The van der Waals surface area contributed by atoms with Gasteiger partial charge >= 0.3 is 0 Å². The van der Waals surface area contributed by atoms with Crippen LogP contribution in [0.25, 0.3) is 0 Å². The van der Waals surface area contributed by atoms with Crippen molar-refractivity contribution >= 4 is 11.6 Å². The average molecular weight is 553 g/mol. The third-order valence-electron chi connectivity index (χ3n) is 8.61. The minimum atomic E-state index is -0.433. The van der Waals surface area contributed by atoms with Crippen LogP contribution in [0, 0.1) is 20.8 Å². The van der Waals surface area contributed by atoms with Crippen molar-refractivity contribution in [1.82, 2.24) is 15.2 Å². The molecule has 220 valence electrons. The normalized spacial score (nSPS) is 17.5. The van der Waals surface area contributed by atoms with E-state index in [0.717, 1.165) is 47.7 Å². The number of aromatic nitrogens is 1. The first kappa shape index (κ1) is 30.3. The molecule has 1 aliphatic carbocycles. The van der Waals surface area contributed by atoms with Gasteiger partial charge in [0.2, 0.25) is 0 Å². The number of hydrogen-bond acceptors (Lipinski definition) is 6. The molecule has 1 aromatic heterocycles. The number of amides is 1. The van der Waals surface area contributed by atoms with Gasteiger partial charge in [0.25, 0.3) is 11.5 Å². The molecule has 0 radical (unpaired) electrons. The summed E-state index contributed by atoms with van der Waals surface area (Å²) in [4.78, 5) is 33.7. The van der Waals surface area contributed by atoms with Crippen LogP contribution in [-0.4, -0.2) is 72.4 Å². The van der Waals surface area contributed by atoms with Crippen molar-refractivity contribution in [2.45, 2.75) is 91.3 Å². The number of morpholine rings is 1. The lowest BCUT2D eigenvalue weighted by atomic mass is 9.91. The van der Waals surface area contributed by atoms with Crippen LogP contribution >= 0.6 is 0 Å². The smallest absolute Gasteiger partial charge is 0.253 e. The Morgan fingerprint density at radius 2 is 1.88 bits per heavy atom. The van der Waals surface area contributed by atoms with E-state index in [1.54, 1.807) is 0 Å². The van der Waals surface area contributed by atoms with Crippen molar-refractivity contribution in [1.29, 1.82) is 0 Å². The molecular formula is C32H48N4O4. The van der Waals surface area contributed by atoms with E-state index in [1.807, 2.05) is 32.9 Å². The molecule has 2 aliphatic rings. The van der Waals surface area contributed by atoms with Gasteiger partial charge < -0.3 is 25.0 Å². The highest BCUT2D eigenvalue weighted by Gasteiger charge is 2.25. The molecule has 1 aromatic carbocycles. The Bertz CT molecular complexity index is 1200. The number of hydrogen-bond donors (Lipinski definition) is 3. The van der Waals surface area contributed by atoms with Gasteiger partial charge in [0, 0.05) is 61.3 Å². The molecule has 8 nitrogen and oxygen atoms in total. The van der Waals surface area contributed by atoms with Gasteiger partial charge in [0.15, 0.2) is 0 Å². The van der Waals surface area contributed by atoms with Crippen molar-refractivity contribution in [3.05, 3.63) is 62.1 Å². The number of aromatic amines is 1. The number of anilines is 1. The third-order valence-corrected chi connectivity index (χ3v) is 8.61. The van der Waals surface area contributed by atoms with E-state index in [4.69, 9.17) is 4.74 Å². The van der Waals surface area contributed by atoms with Crippen molar-refractivity contribution in [2.75, 3.05) is 44.3 Å². The first-order chi connectivity index (χ1) is 19.3. The van der Waals surface area contributed by atoms with Gasteiger partial charge in [-0.15, -0.1) is 0 Å². The number of carbonyl (C=O) groups excluding carboxylic acids is 1. The zero-order valence-electron chi connectivity index (χ0n) is 24.9. The Morgan fingerprint density at radius 1 is 1.15 bits per heavy atom. The maximum atomic E-state index is 13.6. The highest BCUT2D eigenvalue weighted by Crippen LogP contribution is 2.32. The Kier molecular flexibility index (Phi) is 10.8. The van der Waals surface area contributed by atoms with Crippen molar-refractivity contribution in [3.63, 3.8) is 0 Å². The first-order valence-electron chi connectivity index (χ1n) is 15.1. The van der Waals surface area contributed by atoms with Gasteiger partial charge in [-0.3, -0.25) is 14.5 Å². The van der Waals surface area contributed by atoms with Crippen LogP contribution in [0.15, 0.2) is 23.0 Å². The summed E-state index contributed by atoms with van der Waals surface area (Å²) in [5.74, 6) is -0.173. The van der Waals surface area contributed by atoms with E-state index in [1.165, 1.54) is 32.1 Å². The highest BCUT2D eigenvalue weighted by molar-refractivity contribution is 5.97. The molecule has 2 fully saturated rings. The van der Waals surface area contributed by atoms with Gasteiger partial charge in [-0.2, -0.15) is 0 Å². The Morgan fingerprint density at radius 3 is 2.55 bits per heavy atom. The molecule has 1 saturated heterocycles. The lowest BCUT2D eigenvalue weighted by Crippen LogP contribution is -2.41. The number of carbonyl (C=O) groups is 1. The number of nitrogens with one attached hydrogen (secondary N) is 2. The maximum absolute atomic E-state index is 13.6. The predicted octanol–water partition coefficient (Wildman–Crippen LogP) is 4.01. The minimum absolute atomic E-state index is 0.160. The van der Waals surface area contributed by atoms with E-state index >= 15 is 0 Å². The van der Waals surface area contributed by atoms with Gasteiger partial charge in [-0.25, -0.2) is 0 Å². The third kappa shape index (κ3) is 7.74. The first-order valence-corrected chi connectivity index (χ1v) is 15.1. The standard InChI is InChI=1S/C32H48N4O4/c1-5-36(26-9-7-6-8-10-26)30-19-25(11-12-27(37)21-35-13-15-40-16-14-35)18-28(24(30)4)31(38)33-20-29-22(2)17-23(3)34-32(29)39/h17-19,26-27,37H,5-16,20-21H2,1-4H3,(H,33,38)(H,34,39). The maximum Gasteiger partial charge on any atom is 0.253 e. The molecular weight excluding hydrogens is 504 g/mol. The molecule has 1 atom stereocenters. The summed E-state index contributed by atoms with van der Waals surface area (Å²) in [6.07, 6.45) is 7.01. The van der Waals surface area contributed by atoms with Gasteiger partial charge in [0.1, 0.15) is 0 Å². The molecule has 2 aromatic rings. The average Bonchev–Trinajstić information content (AvgIpc) is 2.94. The number of aliphatic hydroxyl groups excluding tert-OH is 1. The fourth-order valence-corrected chi connectivity index (χ4v) is 6.33. The number of β-amino-alcohol motifs (C(OH)–C–C–N with tert-alkyl or cyclic N) is 1. The second-order valence-corrected chi connectivity index (χ2v) is 11.6. The topological polar surface area (TPSA) is 97.9 Å². The number of benzene rings is 1. The largest absolute Gasteiger partial charge is 0.392 e. The zero-order valence-corrected chi connectivity index (χ0v) is 24.9. The molecule has 0 bridgehead atoms. The second-order valence-electron chi connectivity index (χ2n) is 11.6. The van der Waals surface area contributed by atoms with E-state index in [-0.39, 0.29) is 18.0 Å². The zero-order chi connectivity index (χ0) is 28.6.